The van der Waals surface area contributed by atoms with Gasteiger partial charge in [-0.2, -0.15) is 7.11 Å². The summed E-state index contributed by atoms with van der Waals surface area (Å²) in [5.74, 6) is -0.486. The number of fused-ring (bicyclic) bond motifs is 1. The van der Waals surface area contributed by atoms with Crippen molar-refractivity contribution < 1.29 is 40.0 Å². The van der Waals surface area contributed by atoms with Crippen molar-refractivity contribution in [3.05, 3.63) is 22.3 Å². The summed E-state index contributed by atoms with van der Waals surface area (Å²) in [6.45, 7) is 11.2. The zero-order valence-electron chi connectivity index (χ0n) is 19.8. The molecule has 3 aliphatic rings. The Morgan fingerprint density at radius 3 is 1.87 bits per heavy atom. The van der Waals surface area contributed by atoms with E-state index >= 15 is 0 Å². The van der Waals surface area contributed by atoms with Crippen LogP contribution in [0.1, 0.15) is 92.9 Å². The summed E-state index contributed by atoms with van der Waals surface area (Å²) in [4.78, 5) is 25.4. The fraction of sp³-hybridized carbons (Fsp3) is 0.750. The second-order valence-electron chi connectivity index (χ2n) is 10.5. The summed E-state index contributed by atoms with van der Waals surface area (Å²) >= 11 is -2.89. The van der Waals surface area contributed by atoms with Crippen LogP contribution in [-0.4, -0.2) is 19.0 Å². The minimum absolute atomic E-state index is 0.145. The Labute approximate surface area is 189 Å². The van der Waals surface area contributed by atoms with E-state index in [2.05, 4.69) is 0 Å². The molecule has 0 N–H and O–H groups in total. The third-order valence-electron chi connectivity index (χ3n) is 5.97. The number of rotatable bonds is 3. The van der Waals surface area contributed by atoms with Crippen molar-refractivity contribution in [3.63, 3.8) is 0 Å². The number of carbonyl (C=O) groups excluding carboxylic acids is 2. The van der Waals surface area contributed by atoms with Crippen LogP contribution in [0.25, 0.3) is 0 Å². The Morgan fingerprint density at radius 2 is 1.33 bits per heavy atom. The Kier molecular flexibility index (Phi) is 8.57. The van der Waals surface area contributed by atoms with Crippen LogP contribution in [0.2, 0.25) is 4.22 Å². The summed E-state index contributed by atoms with van der Waals surface area (Å²) in [7, 11) is 0.750. The van der Waals surface area contributed by atoms with Gasteiger partial charge in [-0.3, -0.25) is 0 Å². The molecule has 1 atom stereocenters. The van der Waals surface area contributed by atoms with E-state index in [0.717, 1.165) is 32.8 Å². The van der Waals surface area contributed by atoms with Crippen molar-refractivity contribution >= 4 is 11.9 Å². The summed E-state index contributed by atoms with van der Waals surface area (Å²) < 4.78 is 12.2. The molecule has 0 saturated heterocycles. The van der Waals surface area contributed by atoms with Gasteiger partial charge in [-0.25, -0.2) is 0 Å². The van der Waals surface area contributed by atoms with Crippen molar-refractivity contribution in [2.75, 3.05) is 7.11 Å². The zero-order valence-corrected chi connectivity index (χ0v) is 21.3. The van der Waals surface area contributed by atoms with Gasteiger partial charge in [-0.15, -0.1) is 0 Å². The van der Waals surface area contributed by atoms with Gasteiger partial charge in [0.25, 0.3) is 0 Å². The maximum Gasteiger partial charge on any atom is -0.153 e. The van der Waals surface area contributed by atoms with Crippen molar-refractivity contribution in [2.45, 2.75) is 97.1 Å². The average Bonchev–Trinajstić information content (AvgIpc) is 3.06. The molecule has 1 unspecified atom stereocenters. The van der Waals surface area contributed by atoms with E-state index in [1.54, 1.807) is 11.1 Å². The first-order chi connectivity index (χ1) is 14.0. The number of allylic oxidation sites excluding steroid dienone is 4. The first kappa shape index (κ1) is 25.4. The van der Waals surface area contributed by atoms with E-state index in [1.807, 2.05) is 41.5 Å². The summed E-state index contributed by atoms with van der Waals surface area (Å²) in [6, 6.07) is 0. The van der Waals surface area contributed by atoms with E-state index in [1.165, 1.54) is 36.8 Å². The summed E-state index contributed by atoms with van der Waals surface area (Å²) in [5.41, 5.74) is 4.97. The third kappa shape index (κ3) is 5.86. The Bertz CT molecular complexity index is 693. The molecule has 0 saturated carbocycles. The van der Waals surface area contributed by atoms with Crippen LogP contribution in [0.4, 0.5) is 0 Å². The molecule has 3 rings (SSSR count). The molecule has 0 aromatic rings. The van der Waals surface area contributed by atoms with Crippen LogP contribution in [-0.2, 0) is 34.9 Å². The van der Waals surface area contributed by atoms with Gasteiger partial charge in [0.1, 0.15) is 0 Å². The van der Waals surface area contributed by atoms with Gasteiger partial charge in [0.15, 0.2) is 0 Å². The maximum atomic E-state index is 12.7. The molecule has 0 aromatic heterocycles. The standard InChI is InChI=1S/C13H17.2C5H10O2.CH3O.Ti/c1-3-7-12-10(5-1)9-11-6-2-4-8-13(11)12;2*1-5(2,3)4(6)7;1-2;/h5H,1-4,6-9H2;2*1-3H3,(H,6,7);1H3;/q;;;-1;+3/p-2. The molecule has 0 aliphatic heterocycles. The van der Waals surface area contributed by atoms with Crippen molar-refractivity contribution in [1.82, 2.24) is 0 Å². The van der Waals surface area contributed by atoms with Gasteiger partial charge >= 0.3 is 177 Å². The monoisotopic (exact) mass is 454 g/mol. The molecule has 0 aromatic carbocycles. The van der Waals surface area contributed by atoms with Gasteiger partial charge in [0, 0.05) is 0 Å². The van der Waals surface area contributed by atoms with E-state index < -0.39 is 29.5 Å². The Balaban J connectivity index is 0.00000155. The minimum atomic E-state index is -2.89. The minimum Gasteiger partial charge on any atom is -0.857 e. The SMILES string of the molecule is CC(C)(C)C(=O)[O][Ti+]([O]C(=O)C(C)(C)C)[CH]1CCCC2=C1CC1=C2CCCC1.C[O-]. The molecule has 0 radical (unpaired) electrons. The normalized spacial score (nSPS) is 21.3. The van der Waals surface area contributed by atoms with Gasteiger partial charge in [0.05, 0.1) is 0 Å². The second-order valence-corrected chi connectivity index (χ2v) is 13.2. The molecule has 5 nitrogen and oxygen atoms in total. The van der Waals surface area contributed by atoms with Crippen LogP contribution in [0.3, 0.4) is 0 Å². The first-order valence-electron chi connectivity index (χ1n) is 11.1. The van der Waals surface area contributed by atoms with Gasteiger partial charge in [0.2, 0.25) is 0 Å². The van der Waals surface area contributed by atoms with Gasteiger partial charge in [-0.05, 0) is 0 Å². The van der Waals surface area contributed by atoms with Crippen LogP contribution < -0.4 is 5.11 Å². The maximum absolute atomic E-state index is 12.7. The van der Waals surface area contributed by atoms with Crippen molar-refractivity contribution in [3.8, 4) is 0 Å². The summed E-state index contributed by atoms with van der Waals surface area (Å²) in [6.07, 6.45) is 9.18. The molecular formula is C24H38O5Ti. The van der Waals surface area contributed by atoms with Crippen molar-refractivity contribution in [1.29, 1.82) is 0 Å². The number of carbonyl (C=O) groups is 2. The molecule has 6 heteroatoms. The number of hydrogen-bond donors (Lipinski definition) is 0. The molecule has 0 fully saturated rings. The Morgan fingerprint density at radius 1 is 0.833 bits per heavy atom. The van der Waals surface area contributed by atoms with E-state index in [0.29, 0.717) is 0 Å². The van der Waals surface area contributed by atoms with Crippen LogP contribution >= 0.6 is 0 Å². The largest absolute Gasteiger partial charge is 0.857 e. The Hall–Kier alpha value is -0.906. The van der Waals surface area contributed by atoms with E-state index in [-0.39, 0.29) is 16.2 Å². The molecule has 0 bridgehead atoms. The van der Waals surface area contributed by atoms with Crippen molar-refractivity contribution in [2.24, 2.45) is 10.8 Å². The zero-order chi connectivity index (χ0) is 22.7. The molecule has 168 valence electrons. The summed E-state index contributed by atoms with van der Waals surface area (Å²) in [5, 5.41) is 8.25. The predicted molar refractivity (Wildman–Crippen MR) is 112 cm³/mol. The molecule has 3 aliphatic carbocycles. The van der Waals surface area contributed by atoms with E-state index in [9.17, 15) is 9.59 Å². The molecule has 0 spiro atoms. The molecular weight excluding hydrogens is 416 g/mol. The third-order valence-corrected chi connectivity index (χ3v) is 9.06. The van der Waals surface area contributed by atoms with Crippen LogP contribution in [0.5, 0.6) is 0 Å². The van der Waals surface area contributed by atoms with Gasteiger partial charge in [-0.1, -0.05) is 0 Å². The average molecular weight is 454 g/mol. The van der Waals surface area contributed by atoms with E-state index in [4.69, 9.17) is 11.7 Å². The number of hydrogen-bond acceptors (Lipinski definition) is 5. The van der Waals surface area contributed by atoms with Crippen LogP contribution in [0, 0.1) is 10.8 Å². The van der Waals surface area contributed by atoms with Crippen LogP contribution in [0.15, 0.2) is 22.3 Å². The second kappa shape index (κ2) is 10.1. The van der Waals surface area contributed by atoms with Gasteiger partial charge < -0.3 is 5.11 Å². The molecule has 0 heterocycles. The fourth-order valence-corrected chi connectivity index (χ4v) is 7.87. The smallest absolute Gasteiger partial charge is 0.153 e. The molecule has 30 heavy (non-hydrogen) atoms. The molecule has 0 amide bonds. The predicted octanol–water partition coefficient (Wildman–Crippen LogP) is 5.13. The topological polar surface area (TPSA) is 75.7 Å². The fourth-order valence-electron chi connectivity index (χ4n) is 4.27. The first-order valence-corrected chi connectivity index (χ1v) is 13.3. The quantitative estimate of drug-likeness (QED) is 0.553.